The number of rotatable bonds is 6. The topological polar surface area (TPSA) is 40.2 Å². The van der Waals surface area contributed by atoms with Crippen LogP contribution in [-0.4, -0.2) is 11.2 Å². The van der Waals surface area contributed by atoms with Crippen LogP contribution in [0.15, 0.2) is 42.7 Å². The molecule has 0 unspecified atom stereocenters. The van der Waals surface area contributed by atoms with E-state index in [2.05, 4.69) is 10.8 Å². The molecule has 96 valence electrons. The zero-order valence-corrected chi connectivity index (χ0v) is 10.9. The van der Waals surface area contributed by atoms with E-state index in [0.29, 0.717) is 13.2 Å². The van der Waals surface area contributed by atoms with Crippen molar-refractivity contribution in [3.63, 3.8) is 0 Å². The molecule has 0 saturated heterocycles. The van der Waals surface area contributed by atoms with Crippen molar-refractivity contribution in [1.82, 2.24) is 4.57 Å². The predicted molar refractivity (Wildman–Crippen MR) is 73.9 cm³/mol. The molecule has 0 fully saturated rings. The summed E-state index contributed by atoms with van der Waals surface area (Å²) in [5.41, 5.74) is 6.72. The van der Waals surface area contributed by atoms with E-state index in [1.165, 1.54) is 0 Å². The quantitative estimate of drug-likeness (QED) is 0.815. The molecule has 0 atom stereocenters. The Bertz CT molecular complexity index is 479. The van der Waals surface area contributed by atoms with Crippen molar-refractivity contribution >= 4 is 11.6 Å². The lowest BCUT2D eigenvalue weighted by Crippen LogP contribution is -2.03. The highest BCUT2D eigenvalue weighted by Gasteiger charge is 1.96. The van der Waals surface area contributed by atoms with Gasteiger partial charge in [-0.15, -0.1) is 0 Å². The monoisotopic (exact) mass is 264 g/mol. The molecular formula is C14H17ClN2O. The maximum atomic E-state index is 5.80. The molecule has 2 rings (SSSR count). The third kappa shape index (κ3) is 3.79. The second-order valence-electron chi connectivity index (χ2n) is 4.12. The predicted octanol–water partition coefficient (Wildman–Crippen LogP) is 3.07. The Kier molecular flexibility index (Phi) is 4.67. The fourth-order valence-electron chi connectivity index (χ4n) is 1.72. The molecular weight excluding hydrogens is 248 g/mol. The average molecular weight is 265 g/mol. The zero-order chi connectivity index (χ0) is 12.8. The summed E-state index contributed by atoms with van der Waals surface area (Å²) in [7, 11) is 0. The van der Waals surface area contributed by atoms with E-state index < -0.39 is 0 Å². The standard InChI is InChI=1S/C14H17ClN2O/c15-13-2-4-14(5-3-13)18-9-1-7-17-8-6-12(10-16)11-17/h2-6,8,11H,1,7,9-10,16H2. The first-order valence-electron chi connectivity index (χ1n) is 6.01. The number of nitrogens with two attached hydrogens (primary N) is 1. The summed E-state index contributed by atoms with van der Waals surface area (Å²) in [5.74, 6) is 0.856. The summed E-state index contributed by atoms with van der Waals surface area (Å²) in [6.45, 7) is 2.22. The lowest BCUT2D eigenvalue weighted by atomic mass is 10.3. The lowest BCUT2D eigenvalue weighted by molar-refractivity contribution is 0.302. The molecule has 0 aliphatic rings. The largest absolute Gasteiger partial charge is 0.494 e. The van der Waals surface area contributed by atoms with Gasteiger partial charge in [-0.3, -0.25) is 0 Å². The fraction of sp³-hybridized carbons (Fsp3) is 0.286. The molecule has 2 N–H and O–H groups in total. The van der Waals surface area contributed by atoms with Crippen molar-refractivity contribution in [2.75, 3.05) is 6.61 Å². The number of halogens is 1. The van der Waals surface area contributed by atoms with Crippen molar-refractivity contribution in [3.05, 3.63) is 53.3 Å². The second kappa shape index (κ2) is 6.47. The van der Waals surface area contributed by atoms with Gasteiger partial charge in [0.15, 0.2) is 0 Å². The molecule has 0 amide bonds. The van der Waals surface area contributed by atoms with Gasteiger partial charge in [0.1, 0.15) is 5.75 Å². The number of benzene rings is 1. The summed E-state index contributed by atoms with van der Waals surface area (Å²) in [6.07, 6.45) is 5.08. The van der Waals surface area contributed by atoms with Crippen LogP contribution in [0.4, 0.5) is 0 Å². The fourth-order valence-corrected chi connectivity index (χ4v) is 1.84. The molecule has 0 saturated carbocycles. The van der Waals surface area contributed by atoms with Gasteiger partial charge in [-0.25, -0.2) is 0 Å². The molecule has 2 aromatic rings. The normalized spacial score (nSPS) is 10.6. The molecule has 0 aliphatic carbocycles. The highest BCUT2D eigenvalue weighted by Crippen LogP contribution is 2.15. The number of aryl methyl sites for hydroxylation is 1. The van der Waals surface area contributed by atoms with Gasteiger partial charge in [0.25, 0.3) is 0 Å². The Morgan fingerprint density at radius 1 is 1.17 bits per heavy atom. The van der Waals surface area contributed by atoms with Crippen LogP contribution < -0.4 is 10.5 Å². The number of hydrogen-bond donors (Lipinski definition) is 1. The Morgan fingerprint density at radius 3 is 2.61 bits per heavy atom. The van der Waals surface area contributed by atoms with Gasteiger partial charge >= 0.3 is 0 Å². The Balaban J connectivity index is 1.71. The third-order valence-electron chi connectivity index (χ3n) is 2.69. The van der Waals surface area contributed by atoms with Crippen LogP contribution in [0.25, 0.3) is 0 Å². The first-order valence-corrected chi connectivity index (χ1v) is 6.39. The molecule has 3 nitrogen and oxygen atoms in total. The van der Waals surface area contributed by atoms with Crippen LogP contribution in [0, 0.1) is 0 Å². The molecule has 0 bridgehead atoms. The molecule has 0 aliphatic heterocycles. The minimum absolute atomic E-state index is 0.592. The van der Waals surface area contributed by atoms with E-state index in [0.717, 1.165) is 29.3 Å². The SMILES string of the molecule is NCc1ccn(CCCOc2ccc(Cl)cc2)c1. The second-order valence-corrected chi connectivity index (χ2v) is 4.55. The Hall–Kier alpha value is -1.45. The average Bonchev–Trinajstić information content (AvgIpc) is 2.85. The smallest absolute Gasteiger partial charge is 0.119 e. The highest BCUT2D eigenvalue weighted by atomic mass is 35.5. The van der Waals surface area contributed by atoms with Crippen LogP contribution >= 0.6 is 11.6 Å². The van der Waals surface area contributed by atoms with Gasteiger partial charge in [-0.2, -0.15) is 0 Å². The van der Waals surface area contributed by atoms with E-state index >= 15 is 0 Å². The molecule has 1 aromatic carbocycles. The lowest BCUT2D eigenvalue weighted by Gasteiger charge is -2.06. The van der Waals surface area contributed by atoms with E-state index in [1.54, 1.807) is 0 Å². The van der Waals surface area contributed by atoms with E-state index in [-0.39, 0.29) is 0 Å². The summed E-state index contributed by atoms with van der Waals surface area (Å²) >= 11 is 5.80. The van der Waals surface area contributed by atoms with Crippen LogP contribution in [-0.2, 0) is 13.1 Å². The molecule has 1 heterocycles. The third-order valence-corrected chi connectivity index (χ3v) is 2.94. The number of ether oxygens (including phenoxy) is 1. The Morgan fingerprint density at radius 2 is 1.94 bits per heavy atom. The van der Waals surface area contributed by atoms with Gasteiger partial charge in [-0.05, 0) is 42.3 Å². The molecule has 0 spiro atoms. The maximum absolute atomic E-state index is 5.80. The van der Waals surface area contributed by atoms with Crippen LogP contribution in [0.2, 0.25) is 5.02 Å². The van der Waals surface area contributed by atoms with Crippen LogP contribution in [0.1, 0.15) is 12.0 Å². The minimum atomic E-state index is 0.592. The molecule has 1 aromatic heterocycles. The highest BCUT2D eigenvalue weighted by molar-refractivity contribution is 6.30. The van der Waals surface area contributed by atoms with Crippen molar-refractivity contribution in [3.8, 4) is 5.75 Å². The van der Waals surface area contributed by atoms with E-state index in [1.807, 2.05) is 36.5 Å². The van der Waals surface area contributed by atoms with Crippen LogP contribution in [0.3, 0.4) is 0 Å². The van der Waals surface area contributed by atoms with Crippen molar-refractivity contribution in [1.29, 1.82) is 0 Å². The van der Waals surface area contributed by atoms with Crippen molar-refractivity contribution < 1.29 is 4.74 Å². The van der Waals surface area contributed by atoms with Gasteiger partial charge in [-0.1, -0.05) is 11.6 Å². The van der Waals surface area contributed by atoms with Gasteiger partial charge in [0.05, 0.1) is 6.61 Å². The number of aromatic nitrogens is 1. The summed E-state index contributed by atoms with van der Waals surface area (Å²) in [5, 5.41) is 0.726. The van der Waals surface area contributed by atoms with E-state index in [4.69, 9.17) is 22.1 Å². The first kappa shape index (κ1) is 13.0. The minimum Gasteiger partial charge on any atom is -0.494 e. The first-order chi connectivity index (χ1) is 8.78. The number of nitrogens with zero attached hydrogens (tertiary/aromatic N) is 1. The van der Waals surface area contributed by atoms with Gasteiger partial charge in [0, 0.05) is 30.5 Å². The summed E-state index contributed by atoms with van der Waals surface area (Å²) < 4.78 is 7.75. The molecule has 4 heteroatoms. The zero-order valence-electron chi connectivity index (χ0n) is 10.2. The maximum Gasteiger partial charge on any atom is 0.119 e. The van der Waals surface area contributed by atoms with Crippen LogP contribution in [0.5, 0.6) is 5.75 Å². The molecule has 0 radical (unpaired) electrons. The molecule has 18 heavy (non-hydrogen) atoms. The van der Waals surface area contributed by atoms with Crippen molar-refractivity contribution in [2.24, 2.45) is 5.73 Å². The van der Waals surface area contributed by atoms with E-state index in [9.17, 15) is 0 Å². The van der Waals surface area contributed by atoms with Gasteiger partial charge in [0.2, 0.25) is 0 Å². The Labute approximate surface area is 112 Å². The number of hydrogen-bond acceptors (Lipinski definition) is 2. The van der Waals surface area contributed by atoms with Crippen molar-refractivity contribution in [2.45, 2.75) is 19.5 Å². The van der Waals surface area contributed by atoms with Gasteiger partial charge < -0.3 is 15.0 Å². The summed E-state index contributed by atoms with van der Waals surface area (Å²) in [6, 6.07) is 9.46. The summed E-state index contributed by atoms with van der Waals surface area (Å²) in [4.78, 5) is 0.